The van der Waals surface area contributed by atoms with Gasteiger partial charge in [0.05, 0.1) is 11.6 Å². The molecule has 10 rings (SSSR count). The SMILES string of the molecule is c1ccc2c(c1)oc1ccc3c(-c4c5ccccc5c(-c5cccc6sc7ccccc7c56)c5ccccc45)coc3c12. The molecule has 2 nitrogen and oxygen atoms in total. The molecule has 200 valence electrons. The predicted octanol–water partition coefficient (Wildman–Crippen LogP) is 12.3. The van der Waals surface area contributed by atoms with E-state index in [1.807, 2.05) is 29.7 Å². The van der Waals surface area contributed by atoms with Crippen LogP contribution in [0.4, 0.5) is 0 Å². The van der Waals surface area contributed by atoms with Gasteiger partial charge >= 0.3 is 0 Å². The first-order valence-electron chi connectivity index (χ1n) is 14.5. The molecule has 0 aliphatic heterocycles. The number of benzene rings is 7. The van der Waals surface area contributed by atoms with Crippen molar-refractivity contribution in [3.05, 3.63) is 134 Å². The molecule has 0 saturated carbocycles. The van der Waals surface area contributed by atoms with Crippen molar-refractivity contribution in [1.29, 1.82) is 0 Å². The molecule has 0 unspecified atom stereocenters. The zero-order chi connectivity index (χ0) is 28.1. The molecule has 0 radical (unpaired) electrons. The topological polar surface area (TPSA) is 26.3 Å². The van der Waals surface area contributed by atoms with Gasteiger partial charge in [0.2, 0.25) is 0 Å². The maximum Gasteiger partial charge on any atom is 0.146 e. The Kier molecular flexibility index (Phi) is 4.63. The van der Waals surface area contributed by atoms with E-state index in [0.29, 0.717) is 0 Å². The lowest BCUT2D eigenvalue weighted by Gasteiger charge is -2.18. The van der Waals surface area contributed by atoms with Gasteiger partial charge in [-0.2, -0.15) is 0 Å². The Morgan fingerprint density at radius 2 is 1.00 bits per heavy atom. The fourth-order valence-electron chi connectivity index (χ4n) is 7.19. The fraction of sp³-hybridized carbons (Fsp3) is 0. The van der Waals surface area contributed by atoms with Crippen molar-refractivity contribution < 1.29 is 8.83 Å². The summed E-state index contributed by atoms with van der Waals surface area (Å²) in [5.41, 5.74) is 7.43. The largest absolute Gasteiger partial charge is 0.463 e. The molecule has 0 amide bonds. The Labute approximate surface area is 250 Å². The first-order chi connectivity index (χ1) is 21.3. The number of furan rings is 2. The number of para-hydroxylation sites is 1. The molecular formula is C40H22O2S. The third-order valence-electron chi connectivity index (χ3n) is 8.95. The van der Waals surface area contributed by atoms with Crippen molar-refractivity contribution in [3.63, 3.8) is 0 Å². The van der Waals surface area contributed by atoms with Crippen LogP contribution >= 0.6 is 11.3 Å². The van der Waals surface area contributed by atoms with E-state index in [1.54, 1.807) is 0 Å². The fourth-order valence-corrected chi connectivity index (χ4v) is 8.32. The van der Waals surface area contributed by atoms with Crippen molar-refractivity contribution in [2.75, 3.05) is 0 Å². The van der Waals surface area contributed by atoms with Gasteiger partial charge in [0.15, 0.2) is 0 Å². The summed E-state index contributed by atoms with van der Waals surface area (Å²) in [5.74, 6) is 0. The average Bonchev–Trinajstić information content (AvgIpc) is 3.76. The molecule has 7 aromatic carbocycles. The number of hydrogen-bond acceptors (Lipinski definition) is 3. The van der Waals surface area contributed by atoms with Crippen LogP contribution in [0.3, 0.4) is 0 Å². The van der Waals surface area contributed by atoms with E-state index >= 15 is 0 Å². The maximum atomic E-state index is 6.43. The lowest BCUT2D eigenvalue weighted by molar-refractivity contribution is 0.619. The molecule has 3 aromatic heterocycles. The Balaban J connectivity index is 1.35. The number of hydrogen-bond donors (Lipinski definition) is 0. The third kappa shape index (κ3) is 3.12. The summed E-state index contributed by atoms with van der Waals surface area (Å²) in [4.78, 5) is 0. The van der Waals surface area contributed by atoms with E-state index in [0.717, 1.165) is 38.5 Å². The zero-order valence-electron chi connectivity index (χ0n) is 22.9. The van der Waals surface area contributed by atoms with Crippen molar-refractivity contribution >= 4 is 86.0 Å². The summed E-state index contributed by atoms with van der Waals surface area (Å²) in [6.07, 6.45) is 1.94. The lowest BCUT2D eigenvalue weighted by atomic mass is 9.85. The van der Waals surface area contributed by atoms with Gasteiger partial charge in [0.25, 0.3) is 0 Å². The Bertz CT molecular complexity index is 2680. The van der Waals surface area contributed by atoms with E-state index in [-0.39, 0.29) is 0 Å². The molecule has 0 N–H and O–H groups in total. The highest BCUT2D eigenvalue weighted by Crippen LogP contribution is 2.49. The minimum atomic E-state index is 0.843. The Morgan fingerprint density at radius 1 is 0.395 bits per heavy atom. The van der Waals surface area contributed by atoms with Crippen LogP contribution in [0.25, 0.3) is 96.9 Å². The van der Waals surface area contributed by atoms with Crippen molar-refractivity contribution in [1.82, 2.24) is 0 Å². The van der Waals surface area contributed by atoms with E-state index in [4.69, 9.17) is 8.83 Å². The Hall–Kier alpha value is -5.38. The average molecular weight is 567 g/mol. The van der Waals surface area contributed by atoms with Gasteiger partial charge < -0.3 is 8.83 Å². The second-order valence-corrected chi connectivity index (χ2v) is 12.3. The van der Waals surface area contributed by atoms with Crippen molar-refractivity contribution in [2.24, 2.45) is 0 Å². The summed E-state index contributed by atoms with van der Waals surface area (Å²) in [6, 6.07) is 45.6. The monoisotopic (exact) mass is 566 g/mol. The van der Waals surface area contributed by atoms with Crippen molar-refractivity contribution in [2.45, 2.75) is 0 Å². The summed E-state index contributed by atoms with van der Waals surface area (Å²) in [7, 11) is 0. The minimum Gasteiger partial charge on any atom is -0.463 e. The Morgan fingerprint density at radius 3 is 1.74 bits per heavy atom. The van der Waals surface area contributed by atoms with Gasteiger partial charge in [-0.1, -0.05) is 97.1 Å². The molecular weight excluding hydrogens is 545 g/mol. The summed E-state index contributed by atoms with van der Waals surface area (Å²) < 4.78 is 15.2. The van der Waals surface area contributed by atoms with Crippen LogP contribution in [0.2, 0.25) is 0 Å². The quantitative estimate of drug-likeness (QED) is 0.195. The number of rotatable bonds is 2. The number of fused-ring (bicyclic) bond motifs is 10. The molecule has 0 spiro atoms. The lowest BCUT2D eigenvalue weighted by Crippen LogP contribution is -1.90. The van der Waals surface area contributed by atoms with Crippen molar-refractivity contribution in [3.8, 4) is 22.3 Å². The smallest absolute Gasteiger partial charge is 0.146 e. The molecule has 0 saturated heterocycles. The van der Waals surface area contributed by atoms with Gasteiger partial charge in [0.1, 0.15) is 16.7 Å². The summed E-state index contributed by atoms with van der Waals surface area (Å²) in [5, 5.41) is 10.7. The van der Waals surface area contributed by atoms with Gasteiger partial charge in [-0.25, -0.2) is 0 Å². The number of thiophene rings is 1. The van der Waals surface area contributed by atoms with E-state index < -0.39 is 0 Å². The highest BCUT2D eigenvalue weighted by molar-refractivity contribution is 7.25. The van der Waals surface area contributed by atoms with Crippen LogP contribution in [0.15, 0.2) is 142 Å². The molecule has 0 atom stereocenters. The van der Waals surface area contributed by atoms with Crippen LogP contribution in [-0.4, -0.2) is 0 Å². The van der Waals surface area contributed by atoms with Crippen LogP contribution in [0.5, 0.6) is 0 Å². The highest BCUT2D eigenvalue weighted by Gasteiger charge is 2.22. The first kappa shape index (κ1) is 23.2. The molecule has 0 bridgehead atoms. The van der Waals surface area contributed by atoms with E-state index in [1.165, 1.54) is 58.4 Å². The second-order valence-electron chi connectivity index (χ2n) is 11.2. The van der Waals surface area contributed by atoms with Crippen LogP contribution in [0.1, 0.15) is 0 Å². The molecule has 43 heavy (non-hydrogen) atoms. The summed E-state index contributed by atoms with van der Waals surface area (Å²) >= 11 is 1.87. The maximum absolute atomic E-state index is 6.43. The van der Waals surface area contributed by atoms with Crippen LogP contribution in [0, 0.1) is 0 Å². The molecule has 0 aliphatic carbocycles. The highest BCUT2D eigenvalue weighted by atomic mass is 32.1. The minimum absolute atomic E-state index is 0.843. The van der Waals surface area contributed by atoms with Gasteiger partial charge in [-0.15, -0.1) is 11.3 Å². The van der Waals surface area contributed by atoms with Gasteiger partial charge in [0, 0.05) is 42.1 Å². The summed E-state index contributed by atoms with van der Waals surface area (Å²) in [6.45, 7) is 0. The zero-order valence-corrected chi connectivity index (χ0v) is 23.7. The first-order valence-corrected chi connectivity index (χ1v) is 15.3. The normalized spacial score (nSPS) is 12.2. The van der Waals surface area contributed by atoms with Crippen LogP contribution < -0.4 is 0 Å². The van der Waals surface area contributed by atoms with E-state index in [2.05, 4.69) is 115 Å². The molecule has 10 aromatic rings. The van der Waals surface area contributed by atoms with Crippen LogP contribution in [-0.2, 0) is 0 Å². The van der Waals surface area contributed by atoms with Gasteiger partial charge in [-0.3, -0.25) is 0 Å². The second kappa shape index (κ2) is 8.57. The molecule has 0 fully saturated rings. The van der Waals surface area contributed by atoms with Gasteiger partial charge in [-0.05, 0) is 63.0 Å². The third-order valence-corrected chi connectivity index (χ3v) is 10.1. The van der Waals surface area contributed by atoms with E-state index in [9.17, 15) is 0 Å². The standard InChI is InChI=1S/C40H22O2S/c1-3-12-25-23(10-1)36(30-16-9-19-35-38(30)29-15-6-8-18-34(29)43-35)24-11-2-4-13-26(24)37(25)31-22-41-40-27(31)20-21-33-39(40)28-14-5-7-17-32(28)42-33/h1-22H. The molecule has 0 aliphatic rings. The molecule has 3 heterocycles. The molecule has 3 heteroatoms. The predicted molar refractivity (Wildman–Crippen MR) is 182 cm³/mol.